The van der Waals surface area contributed by atoms with Gasteiger partial charge in [-0.15, -0.1) is 0 Å². The topological polar surface area (TPSA) is 38.0 Å². The van der Waals surface area contributed by atoms with Crippen LogP contribution in [0.15, 0.2) is 0 Å². The fraction of sp³-hybridized carbons (Fsp3) is 1.00. The summed E-state index contributed by atoms with van der Waals surface area (Å²) in [7, 11) is 0. The molecule has 0 aromatic rings. The standard InChI is InChI=1S/C16H28N2/c17-16(12-3-1-2-4-12)18-15-13-6-10-5-11(8-13)9-14(15)7-10/h10-16,18H,1-9,17H2. The van der Waals surface area contributed by atoms with Gasteiger partial charge < -0.3 is 5.73 Å². The van der Waals surface area contributed by atoms with Crippen molar-refractivity contribution in [2.75, 3.05) is 0 Å². The van der Waals surface area contributed by atoms with E-state index in [4.69, 9.17) is 5.73 Å². The number of hydrogen-bond acceptors (Lipinski definition) is 2. The van der Waals surface area contributed by atoms with Gasteiger partial charge in [0.2, 0.25) is 0 Å². The fourth-order valence-corrected chi connectivity index (χ4v) is 5.87. The van der Waals surface area contributed by atoms with Gasteiger partial charge in [0.05, 0.1) is 6.17 Å². The van der Waals surface area contributed by atoms with Gasteiger partial charge >= 0.3 is 0 Å². The summed E-state index contributed by atoms with van der Waals surface area (Å²) < 4.78 is 0. The molecule has 4 bridgehead atoms. The van der Waals surface area contributed by atoms with Crippen LogP contribution in [-0.4, -0.2) is 12.2 Å². The Morgan fingerprint density at radius 2 is 1.39 bits per heavy atom. The van der Waals surface area contributed by atoms with E-state index in [1.807, 2.05) is 0 Å². The molecule has 2 nitrogen and oxygen atoms in total. The van der Waals surface area contributed by atoms with Crippen molar-refractivity contribution in [1.82, 2.24) is 5.32 Å². The molecule has 0 amide bonds. The van der Waals surface area contributed by atoms with Crippen LogP contribution in [0.5, 0.6) is 0 Å². The molecule has 1 atom stereocenters. The predicted molar refractivity (Wildman–Crippen MR) is 73.9 cm³/mol. The highest BCUT2D eigenvalue weighted by Gasteiger charge is 2.48. The summed E-state index contributed by atoms with van der Waals surface area (Å²) in [6.07, 6.45) is 13.4. The Balaban J connectivity index is 1.42. The zero-order chi connectivity index (χ0) is 12.1. The second-order valence-corrected chi connectivity index (χ2v) is 7.69. The lowest BCUT2D eigenvalue weighted by Crippen LogP contribution is -2.59. The number of hydrogen-bond donors (Lipinski definition) is 2. The molecule has 0 aliphatic heterocycles. The summed E-state index contributed by atoms with van der Waals surface area (Å²) in [6, 6.07) is 0.772. The molecule has 3 N–H and O–H groups in total. The summed E-state index contributed by atoms with van der Waals surface area (Å²) in [5.74, 6) is 4.85. The second-order valence-electron chi connectivity index (χ2n) is 7.69. The minimum Gasteiger partial charge on any atom is -0.316 e. The first kappa shape index (κ1) is 11.7. The molecule has 5 fully saturated rings. The number of nitrogens with one attached hydrogen (secondary N) is 1. The first-order valence-electron chi connectivity index (χ1n) is 8.31. The molecule has 18 heavy (non-hydrogen) atoms. The molecular weight excluding hydrogens is 220 g/mol. The van der Waals surface area contributed by atoms with Gasteiger partial charge in [-0.05, 0) is 74.5 Å². The van der Waals surface area contributed by atoms with E-state index in [1.54, 1.807) is 6.42 Å². The lowest BCUT2D eigenvalue weighted by molar-refractivity contribution is -0.0199. The maximum atomic E-state index is 6.45. The molecule has 102 valence electrons. The molecule has 5 saturated carbocycles. The van der Waals surface area contributed by atoms with Gasteiger partial charge in [0, 0.05) is 6.04 Å². The average Bonchev–Trinajstić information content (AvgIpc) is 2.86. The summed E-state index contributed by atoms with van der Waals surface area (Å²) in [5.41, 5.74) is 6.45. The highest BCUT2D eigenvalue weighted by atomic mass is 15.1. The van der Waals surface area contributed by atoms with E-state index in [-0.39, 0.29) is 6.17 Å². The van der Waals surface area contributed by atoms with Crippen LogP contribution in [0, 0.1) is 29.6 Å². The molecule has 0 spiro atoms. The van der Waals surface area contributed by atoms with E-state index in [2.05, 4.69) is 5.32 Å². The molecule has 1 unspecified atom stereocenters. The molecular formula is C16H28N2. The number of nitrogens with two attached hydrogens (primary N) is 1. The van der Waals surface area contributed by atoms with Crippen molar-refractivity contribution >= 4 is 0 Å². The van der Waals surface area contributed by atoms with Crippen LogP contribution in [-0.2, 0) is 0 Å². The Labute approximate surface area is 111 Å². The zero-order valence-corrected chi connectivity index (χ0v) is 11.5. The Bertz CT molecular complexity index is 280. The Kier molecular flexibility index (Phi) is 2.92. The molecule has 5 rings (SSSR count). The van der Waals surface area contributed by atoms with Crippen LogP contribution < -0.4 is 11.1 Å². The molecule has 0 radical (unpaired) electrons. The SMILES string of the molecule is NC(NC1C2CC3CC(C2)CC1C3)C1CCCC1. The summed E-state index contributed by atoms with van der Waals surface area (Å²) in [6.45, 7) is 0. The number of rotatable bonds is 3. The molecule has 2 heteroatoms. The molecule has 0 heterocycles. The quantitative estimate of drug-likeness (QED) is 0.754. The molecule has 0 saturated heterocycles. The Hall–Kier alpha value is -0.0800. The van der Waals surface area contributed by atoms with Gasteiger partial charge in [0.25, 0.3) is 0 Å². The highest BCUT2D eigenvalue weighted by Crippen LogP contribution is 2.53. The third-order valence-corrected chi connectivity index (χ3v) is 6.52. The third kappa shape index (κ3) is 1.92. The predicted octanol–water partition coefficient (Wildman–Crippen LogP) is 2.88. The molecule has 5 aliphatic carbocycles. The lowest BCUT2D eigenvalue weighted by atomic mass is 9.54. The molecule has 0 aromatic carbocycles. The monoisotopic (exact) mass is 248 g/mol. The smallest absolute Gasteiger partial charge is 0.0577 e. The van der Waals surface area contributed by atoms with Crippen molar-refractivity contribution in [2.45, 2.75) is 70.0 Å². The first-order valence-corrected chi connectivity index (χ1v) is 8.31. The third-order valence-electron chi connectivity index (χ3n) is 6.52. The highest BCUT2D eigenvalue weighted by molar-refractivity contribution is 5.02. The first-order chi connectivity index (χ1) is 8.79. The van der Waals surface area contributed by atoms with E-state index >= 15 is 0 Å². The Morgan fingerprint density at radius 3 is 1.94 bits per heavy atom. The summed E-state index contributed by atoms with van der Waals surface area (Å²) in [4.78, 5) is 0. The summed E-state index contributed by atoms with van der Waals surface area (Å²) in [5, 5.41) is 3.88. The minimum absolute atomic E-state index is 0.287. The average molecular weight is 248 g/mol. The van der Waals surface area contributed by atoms with Crippen LogP contribution in [0.4, 0.5) is 0 Å². The fourth-order valence-electron chi connectivity index (χ4n) is 5.87. The van der Waals surface area contributed by atoms with Crippen LogP contribution in [0.3, 0.4) is 0 Å². The van der Waals surface area contributed by atoms with Gasteiger partial charge in [-0.1, -0.05) is 12.8 Å². The minimum atomic E-state index is 0.287. The van der Waals surface area contributed by atoms with Gasteiger partial charge in [-0.2, -0.15) is 0 Å². The van der Waals surface area contributed by atoms with E-state index in [9.17, 15) is 0 Å². The van der Waals surface area contributed by atoms with Crippen molar-refractivity contribution in [3.8, 4) is 0 Å². The lowest BCUT2D eigenvalue weighted by Gasteiger charge is -2.55. The van der Waals surface area contributed by atoms with Gasteiger partial charge in [-0.25, -0.2) is 0 Å². The summed E-state index contributed by atoms with van der Waals surface area (Å²) >= 11 is 0. The van der Waals surface area contributed by atoms with E-state index < -0.39 is 0 Å². The van der Waals surface area contributed by atoms with Crippen molar-refractivity contribution in [2.24, 2.45) is 35.3 Å². The van der Waals surface area contributed by atoms with E-state index in [1.165, 1.54) is 51.4 Å². The van der Waals surface area contributed by atoms with E-state index in [0.29, 0.717) is 0 Å². The van der Waals surface area contributed by atoms with Crippen LogP contribution in [0.2, 0.25) is 0 Å². The van der Waals surface area contributed by atoms with Crippen molar-refractivity contribution in [1.29, 1.82) is 0 Å². The van der Waals surface area contributed by atoms with Gasteiger partial charge in [0.1, 0.15) is 0 Å². The zero-order valence-electron chi connectivity index (χ0n) is 11.5. The van der Waals surface area contributed by atoms with Crippen LogP contribution in [0.25, 0.3) is 0 Å². The normalized spacial score (nSPS) is 48.8. The maximum Gasteiger partial charge on any atom is 0.0577 e. The van der Waals surface area contributed by atoms with Crippen LogP contribution in [0.1, 0.15) is 57.8 Å². The Morgan fingerprint density at radius 1 is 0.833 bits per heavy atom. The van der Waals surface area contributed by atoms with Gasteiger partial charge in [-0.3, -0.25) is 5.32 Å². The van der Waals surface area contributed by atoms with Crippen molar-refractivity contribution in [3.05, 3.63) is 0 Å². The van der Waals surface area contributed by atoms with Gasteiger partial charge in [0.15, 0.2) is 0 Å². The van der Waals surface area contributed by atoms with Crippen molar-refractivity contribution < 1.29 is 0 Å². The second kappa shape index (κ2) is 4.49. The van der Waals surface area contributed by atoms with Crippen LogP contribution >= 0.6 is 0 Å². The molecule has 5 aliphatic rings. The maximum absolute atomic E-state index is 6.45. The largest absolute Gasteiger partial charge is 0.316 e. The van der Waals surface area contributed by atoms with E-state index in [0.717, 1.165) is 35.6 Å². The van der Waals surface area contributed by atoms with Crippen molar-refractivity contribution in [3.63, 3.8) is 0 Å². The molecule has 0 aromatic heterocycles.